The first kappa shape index (κ1) is 7.13. The van der Waals surface area contributed by atoms with E-state index in [9.17, 15) is 0 Å². The monoisotopic (exact) mass is 155 g/mol. The van der Waals surface area contributed by atoms with Crippen molar-refractivity contribution in [3.63, 3.8) is 0 Å². The van der Waals surface area contributed by atoms with Crippen molar-refractivity contribution in [2.45, 2.75) is 26.7 Å². The highest BCUT2D eigenvalue weighted by molar-refractivity contribution is 5.35. The molecule has 0 saturated heterocycles. The minimum atomic E-state index is 0.443. The van der Waals surface area contributed by atoms with Crippen molar-refractivity contribution < 1.29 is 9.88 Å². The molecule has 1 aliphatic carbocycles. The SMILES string of the molecule is COON1C2=C1CC(C)(C)C2. The molecule has 0 atom stereocenters. The number of hydroxylamine groups is 2. The molecule has 0 N–H and O–H groups in total. The Morgan fingerprint density at radius 1 is 1.27 bits per heavy atom. The molecule has 0 aromatic rings. The maximum absolute atomic E-state index is 4.87. The highest BCUT2D eigenvalue weighted by Crippen LogP contribution is 2.54. The first-order valence-electron chi connectivity index (χ1n) is 3.87. The fraction of sp³-hybridized carbons (Fsp3) is 0.750. The molecule has 0 saturated carbocycles. The standard InChI is InChI=1S/C8H13NO2/c1-8(2)4-6-7(5-8)9(6)11-10-3/h4-5H2,1-3H3. The molecule has 11 heavy (non-hydrogen) atoms. The summed E-state index contributed by atoms with van der Waals surface area (Å²) in [4.78, 5) is 9.43. The predicted molar refractivity (Wildman–Crippen MR) is 40.0 cm³/mol. The number of piperidine rings is 1. The van der Waals surface area contributed by atoms with Crippen LogP contribution in [0.5, 0.6) is 0 Å². The highest BCUT2D eigenvalue weighted by atomic mass is 17.3. The van der Waals surface area contributed by atoms with E-state index in [0.29, 0.717) is 5.41 Å². The zero-order valence-electron chi connectivity index (χ0n) is 7.18. The van der Waals surface area contributed by atoms with Gasteiger partial charge in [0, 0.05) is 0 Å². The van der Waals surface area contributed by atoms with E-state index in [2.05, 4.69) is 18.7 Å². The van der Waals surface area contributed by atoms with Gasteiger partial charge in [0.25, 0.3) is 0 Å². The maximum Gasteiger partial charge on any atom is 0.0738 e. The van der Waals surface area contributed by atoms with E-state index >= 15 is 0 Å². The van der Waals surface area contributed by atoms with Gasteiger partial charge in [-0.05, 0) is 18.3 Å². The predicted octanol–water partition coefficient (Wildman–Crippen LogP) is 1.83. The summed E-state index contributed by atoms with van der Waals surface area (Å²) in [6, 6.07) is 0. The molecule has 2 rings (SSSR count). The minimum Gasteiger partial charge on any atom is -0.216 e. The van der Waals surface area contributed by atoms with E-state index in [1.54, 1.807) is 5.06 Å². The fourth-order valence-electron chi connectivity index (χ4n) is 1.70. The van der Waals surface area contributed by atoms with Gasteiger partial charge in [0.05, 0.1) is 18.5 Å². The quantitative estimate of drug-likeness (QED) is 0.448. The van der Waals surface area contributed by atoms with Crippen molar-refractivity contribution in [3.05, 3.63) is 11.4 Å². The zero-order valence-corrected chi connectivity index (χ0v) is 7.18. The molecule has 3 nitrogen and oxygen atoms in total. The van der Waals surface area contributed by atoms with E-state index in [0.717, 1.165) is 12.8 Å². The van der Waals surface area contributed by atoms with Crippen LogP contribution in [0.1, 0.15) is 26.7 Å². The van der Waals surface area contributed by atoms with Crippen molar-refractivity contribution in [1.29, 1.82) is 0 Å². The summed E-state index contributed by atoms with van der Waals surface area (Å²) in [5, 5.41) is 1.78. The number of hydrogen-bond acceptors (Lipinski definition) is 3. The Morgan fingerprint density at radius 3 is 2.27 bits per heavy atom. The molecule has 0 unspecified atom stereocenters. The third kappa shape index (κ3) is 1.04. The second kappa shape index (κ2) is 1.99. The van der Waals surface area contributed by atoms with Crippen molar-refractivity contribution >= 4 is 0 Å². The van der Waals surface area contributed by atoms with Crippen LogP contribution in [0, 0.1) is 5.41 Å². The Hall–Kier alpha value is -0.540. The molecule has 0 aromatic carbocycles. The van der Waals surface area contributed by atoms with Gasteiger partial charge in [-0.15, -0.1) is 4.99 Å². The summed E-state index contributed by atoms with van der Waals surface area (Å²) in [6.07, 6.45) is 2.23. The highest BCUT2D eigenvalue weighted by Gasteiger charge is 2.47. The van der Waals surface area contributed by atoms with Gasteiger partial charge in [-0.2, -0.15) is 5.06 Å². The molecule has 0 aromatic heterocycles. The summed E-state index contributed by atoms with van der Waals surface area (Å²) in [5.74, 6) is 0. The van der Waals surface area contributed by atoms with Gasteiger partial charge in [-0.25, -0.2) is 4.89 Å². The Bertz CT molecular complexity index is 202. The van der Waals surface area contributed by atoms with Crippen LogP contribution >= 0.6 is 0 Å². The number of hydrogen-bond donors (Lipinski definition) is 0. The van der Waals surface area contributed by atoms with Crippen LogP contribution in [-0.4, -0.2) is 12.2 Å². The van der Waals surface area contributed by atoms with E-state index in [1.165, 1.54) is 18.5 Å². The Kier molecular flexibility index (Phi) is 1.29. The largest absolute Gasteiger partial charge is 0.216 e. The van der Waals surface area contributed by atoms with Gasteiger partial charge in [-0.3, -0.25) is 0 Å². The van der Waals surface area contributed by atoms with Crippen molar-refractivity contribution in [3.8, 4) is 0 Å². The number of rotatable bonds is 2. The minimum absolute atomic E-state index is 0.443. The third-order valence-electron chi connectivity index (χ3n) is 2.21. The molecule has 0 fully saturated rings. The molecular weight excluding hydrogens is 142 g/mol. The Balaban J connectivity index is 1.89. The zero-order chi connectivity index (χ0) is 8.06. The molecule has 0 spiro atoms. The van der Waals surface area contributed by atoms with Gasteiger partial charge >= 0.3 is 0 Å². The van der Waals surface area contributed by atoms with Gasteiger partial charge in [0.2, 0.25) is 0 Å². The van der Waals surface area contributed by atoms with Gasteiger partial charge in [0.1, 0.15) is 0 Å². The second-order valence-corrected chi connectivity index (χ2v) is 3.95. The van der Waals surface area contributed by atoms with E-state index in [-0.39, 0.29) is 0 Å². The van der Waals surface area contributed by atoms with Gasteiger partial charge < -0.3 is 0 Å². The summed E-state index contributed by atoms with van der Waals surface area (Å²) >= 11 is 0. The molecule has 0 amide bonds. The third-order valence-corrected chi connectivity index (χ3v) is 2.21. The van der Waals surface area contributed by atoms with E-state index < -0.39 is 0 Å². The second-order valence-electron chi connectivity index (χ2n) is 3.95. The van der Waals surface area contributed by atoms with Crippen molar-refractivity contribution in [1.82, 2.24) is 5.06 Å². The lowest BCUT2D eigenvalue weighted by Crippen LogP contribution is -2.16. The Morgan fingerprint density at radius 2 is 1.82 bits per heavy atom. The summed E-state index contributed by atoms with van der Waals surface area (Å²) in [7, 11) is 1.53. The lowest BCUT2D eigenvalue weighted by Gasteiger charge is -2.22. The summed E-state index contributed by atoms with van der Waals surface area (Å²) < 4.78 is 0. The van der Waals surface area contributed by atoms with Crippen LogP contribution in [0.4, 0.5) is 0 Å². The van der Waals surface area contributed by atoms with Crippen LogP contribution in [0.2, 0.25) is 0 Å². The van der Waals surface area contributed by atoms with Crippen LogP contribution in [0.15, 0.2) is 11.4 Å². The van der Waals surface area contributed by atoms with Crippen LogP contribution in [0.3, 0.4) is 0 Å². The van der Waals surface area contributed by atoms with E-state index in [1.807, 2.05) is 0 Å². The average molecular weight is 155 g/mol. The average Bonchev–Trinajstić information content (AvgIpc) is 2.42. The molecule has 3 heteroatoms. The maximum atomic E-state index is 4.87. The molecule has 1 heterocycles. The number of nitrogens with zero attached hydrogens (tertiary/aromatic N) is 1. The molecule has 0 bridgehead atoms. The molecule has 62 valence electrons. The Labute approximate surface area is 66.5 Å². The lowest BCUT2D eigenvalue weighted by molar-refractivity contribution is -0.373. The van der Waals surface area contributed by atoms with Crippen LogP contribution in [0.25, 0.3) is 0 Å². The fourth-order valence-corrected chi connectivity index (χ4v) is 1.70. The number of allylic oxidation sites excluding steroid dienone is 2. The van der Waals surface area contributed by atoms with Crippen molar-refractivity contribution in [2.24, 2.45) is 5.41 Å². The summed E-state index contributed by atoms with van der Waals surface area (Å²) in [6.45, 7) is 4.54. The van der Waals surface area contributed by atoms with E-state index in [4.69, 9.17) is 4.99 Å². The summed E-state index contributed by atoms with van der Waals surface area (Å²) in [5.41, 5.74) is 3.08. The smallest absolute Gasteiger partial charge is 0.0738 e. The first-order chi connectivity index (χ1) is 5.14. The molecule has 0 radical (unpaired) electrons. The van der Waals surface area contributed by atoms with Gasteiger partial charge in [0.15, 0.2) is 0 Å². The van der Waals surface area contributed by atoms with Gasteiger partial charge in [-0.1, -0.05) is 13.8 Å². The molecular formula is C8H13NO2. The topological polar surface area (TPSA) is 21.5 Å². The lowest BCUT2D eigenvalue weighted by atomic mass is 9.89. The van der Waals surface area contributed by atoms with Crippen LogP contribution in [-0.2, 0) is 9.88 Å². The van der Waals surface area contributed by atoms with Crippen molar-refractivity contribution in [2.75, 3.05) is 7.11 Å². The normalized spacial score (nSPS) is 25.9. The molecule has 2 aliphatic rings. The molecule has 1 aliphatic heterocycles. The van der Waals surface area contributed by atoms with Crippen LogP contribution < -0.4 is 0 Å². The first-order valence-corrected chi connectivity index (χ1v) is 3.87.